The van der Waals surface area contributed by atoms with Crippen LogP contribution in [0.25, 0.3) is 0 Å². The smallest absolute Gasteiger partial charge is 0.240 e. The molecule has 2 fully saturated rings. The van der Waals surface area contributed by atoms with Crippen LogP contribution < -0.4 is 14.8 Å². The topological polar surface area (TPSA) is 71.1 Å². The zero-order valence-corrected chi connectivity index (χ0v) is 16.1. The molecule has 0 atom stereocenters. The highest BCUT2D eigenvalue weighted by molar-refractivity contribution is 6.32. The van der Waals surface area contributed by atoms with E-state index in [-0.39, 0.29) is 11.8 Å². The number of halogens is 1. The average molecular weight is 382 g/mol. The third-order valence-electron chi connectivity index (χ3n) is 5.11. The predicted octanol–water partition coefficient (Wildman–Crippen LogP) is 1.85. The molecule has 2 aliphatic rings. The second kappa shape index (κ2) is 7.32. The lowest BCUT2D eigenvalue weighted by Crippen LogP contribution is -2.51. The molecule has 2 amide bonds. The van der Waals surface area contributed by atoms with Crippen molar-refractivity contribution >= 4 is 29.1 Å². The van der Waals surface area contributed by atoms with Gasteiger partial charge >= 0.3 is 0 Å². The SMILES string of the molecule is COc1cc(NC(=O)C2(C(=O)N3CCN(C)CC3)CC2)c(OC)cc1Cl. The van der Waals surface area contributed by atoms with E-state index in [1.54, 1.807) is 17.0 Å². The highest BCUT2D eigenvalue weighted by Gasteiger charge is 2.58. The Morgan fingerprint density at radius 1 is 1.08 bits per heavy atom. The quantitative estimate of drug-likeness (QED) is 0.788. The Labute approximate surface area is 158 Å². The number of piperazine rings is 1. The molecule has 0 radical (unpaired) electrons. The summed E-state index contributed by atoms with van der Waals surface area (Å²) in [5, 5.41) is 3.22. The molecule has 1 aliphatic heterocycles. The maximum absolute atomic E-state index is 12.9. The summed E-state index contributed by atoms with van der Waals surface area (Å²) in [5.41, 5.74) is -0.524. The Kier molecular flexibility index (Phi) is 5.29. The molecule has 8 heteroatoms. The van der Waals surface area contributed by atoms with Gasteiger partial charge in [0.05, 0.1) is 24.9 Å². The molecule has 1 aromatic carbocycles. The van der Waals surface area contributed by atoms with Gasteiger partial charge in [-0.3, -0.25) is 9.59 Å². The van der Waals surface area contributed by atoms with E-state index in [1.807, 2.05) is 7.05 Å². The standard InChI is InChI=1S/C18H24ClN3O4/c1-21-6-8-22(9-7-21)17(24)18(4-5-18)16(23)20-13-11-14(25-2)12(19)10-15(13)26-3/h10-11H,4-9H2,1-3H3,(H,20,23). The van der Waals surface area contributed by atoms with Crippen molar-refractivity contribution in [3.63, 3.8) is 0 Å². The monoisotopic (exact) mass is 381 g/mol. The predicted molar refractivity (Wildman–Crippen MR) is 98.9 cm³/mol. The van der Waals surface area contributed by atoms with Gasteiger partial charge in [-0.25, -0.2) is 0 Å². The van der Waals surface area contributed by atoms with Crippen LogP contribution in [0.3, 0.4) is 0 Å². The minimum Gasteiger partial charge on any atom is -0.495 e. The second-order valence-electron chi connectivity index (χ2n) is 6.82. The first-order valence-electron chi connectivity index (χ1n) is 8.62. The summed E-state index contributed by atoms with van der Waals surface area (Å²) in [7, 11) is 5.02. The van der Waals surface area contributed by atoms with Crippen LogP contribution in [0.5, 0.6) is 11.5 Å². The van der Waals surface area contributed by atoms with Crippen LogP contribution in [0, 0.1) is 5.41 Å². The summed E-state index contributed by atoms with van der Waals surface area (Å²) >= 11 is 6.10. The van der Waals surface area contributed by atoms with Gasteiger partial charge in [-0.1, -0.05) is 11.6 Å². The van der Waals surface area contributed by atoms with Crippen LogP contribution in [0.15, 0.2) is 12.1 Å². The number of ether oxygens (including phenoxy) is 2. The van der Waals surface area contributed by atoms with Crippen molar-refractivity contribution in [2.75, 3.05) is 52.8 Å². The fourth-order valence-corrected chi connectivity index (χ4v) is 3.41. The molecule has 0 spiro atoms. The van der Waals surface area contributed by atoms with Gasteiger partial charge in [-0.2, -0.15) is 0 Å². The zero-order chi connectivity index (χ0) is 18.9. The van der Waals surface area contributed by atoms with Gasteiger partial charge < -0.3 is 24.6 Å². The molecule has 1 aliphatic carbocycles. The fourth-order valence-electron chi connectivity index (χ4n) is 3.18. The summed E-state index contributed by atoms with van der Waals surface area (Å²) < 4.78 is 10.5. The van der Waals surface area contributed by atoms with Crippen LogP contribution >= 0.6 is 11.6 Å². The molecule has 1 saturated heterocycles. The fraction of sp³-hybridized carbons (Fsp3) is 0.556. The van der Waals surface area contributed by atoms with E-state index in [0.29, 0.717) is 48.1 Å². The number of carbonyl (C=O) groups is 2. The molecule has 1 saturated carbocycles. The van der Waals surface area contributed by atoms with E-state index in [9.17, 15) is 9.59 Å². The number of amides is 2. The number of anilines is 1. The van der Waals surface area contributed by atoms with Gasteiger partial charge in [-0.15, -0.1) is 0 Å². The Balaban J connectivity index is 1.76. The second-order valence-corrected chi connectivity index (χ2v) is 7.23. The third-order valence-corrected chi connectivity index (χ3v) is 5.40. The number of nitrogens with one attached hydrogen (secondary N) is 1. The van der Waals surface area contributed by atoms with Crippen molar-refractivity contribution in [3.8, 4) is 11.5 Å². The lowest BCUT2D eigenvalue weighted by Gasteiger charge is -2.34. The number of likely N-dealkylation sites (N-methyl/N-ethyl adjacent to an activating group) is 1. The number of hydrogen-bond donors (Lipinski definition) is 1. The highest BCUT2D eigenvalue weighted by atomic mass is 35.5. The van der Waals surface area contributed by atoms with Gasteiger partial charge in [0.2, 0.25) is 11.8 Å². The summed E-state index contributed by atoms with van der Waals surface area (Å²) in [4.78, 5) is 29.8. The number of benzene rings is 1. The summed E-state index contributed by atoms with van der Waals surface area (Å²) in [6, 6.07) is 3.19. The first-order chi connectivity index (χ1) is 12.4. The molecule has 0 unspecified atom stereocenters. The van der Waals surface area contributed by atoms with Crippen LogP contribution in [0.1, 0.15) is 12.8 Å². The van der Waals surface area contributed by atoms with E-state index < -0.39 is 5.41 Å². The third kappa shape index (κ3) is 3.46. The van der Waals surface area contributed by atoms with E-state index in [1.165, 1.54) is 14.2 Å². The first kappa shape index (κ1) is 18.8. The van der Waals surface area contributed by atoms with Crippen LogP contribution in [0.4, 0.5) is 5.69 Å². The number of hydrogen-bond acceptors (Lipinski definition) is 5. The largest absolute Gasteiger partial charge is 0.495 e. The summed E-state index contributed by atoms with van der Waals surface area (Å²) in [6.07, 6.45) is 1.13. The van der Waals surface area contributed by atoms with Crippen molar-refractivity contribution in [2.45, 2.75) is 12.8 Å². The van der Waals surface area contributed by atoms with Gasteiger partial charge in [0.15, 0.2) is 0 Å². The average Bonchev–Trinajstić information content (AvgIpc) is 3.44. The molecule has 0 aromatic heterocycles. The lowest BCUT2D eigenvalue weighted by molar-refractivity contribution is -0.143. The van der Waals surface area contributed by atoms with Crippen molar-refractivity contribution in [3.05, 3.63) is 17.2 Å². The van der Waals surface area contributed by atoms with E-state index in [4.69, 9.17) is 21.1 Å². The van der Waals surface area contributed by atoms with Gasteiger partial charge in [0, 0.05) is 38.3 Å². The molecule has 7 nitrogen and oxygen atoms in total. The lowest BCUT2D eigenvalue weighted by atomic mass is 10.0. The first-order valence-corrected chi connectivity index (χ1v) is 9.00. The molecule has 1 aromatic rings. The number of carbonyl (C=O) groups excluding carboxylic acids is 2. The summed E-state index contributed by atoms with van der Waals surface area (Å²) in [5.74, 6) is 0.470. The maximum atomic E-state index is 12.9. The number of methoxy groups -OCH3 is 2. The van der Waals surface area contributed by atoms with Crippen LogP contribution in [-0.4, -0.2) is 69.1 Å². The molecule has 1 N–H and O–H groups in total. The van der Waals surface area contributed by atoms with Gasteiger partial charge in [0.25, 0.3) is 0 Å². The molecule has 3 rings (SSSR count). The van der Waals surface area contributed by atoms with E-state index in [2.05, 4.69) is 10.2 Å². The number of rotatable bonds is 5. The molecule has 1 heterocycles. The minimum atomic E-state index is -0.964. The molecule has 26 heavy (non-hydrogen) atoms. The van der Waals surface area contributed by atoms with Crippen LogP contribution in [0.2, 0.25) is 5.02 Å². The van der Waals surface area contributed by atoms with Crippen molar-refractivity contribution in [1.29, 1.82) is 0 Å². The van der Waals surface area contributed by atoms with Gasteiger partial charge in [-0.05, 0) is 19.9 Å². The summed E-state index contributed by atoms with van der Waals surface area (Å²) in [6.45, 7) is 2.96. The Hall–Kier alpha value is -1.99. The Morgan fingerprint density at radius 2 is 1.69 bits per heavy atom. The van der Waals surface area contributed by atoms with Crippen molar-refractivity contribution in [2.24, 2.45) is 5.41 Å². The molecular weight excluding hydrogens is 358 g/mol. The Morgan fingerprint density at radius 3 is 2.23 bits per heavy atom. The maximum Gasteiger partial charge on any atom is 0.240 e. The normalized spacial score (nSPS) is 19.0. The van der Waals surface area contributed by atoms with Gasteiger partial charge in [0.1, 0.15) is 16.9 Å². The highest BCUT2D eigenvalue weighted by Crippen LogP contribution is 2.49. The Bertz CT molecular complexity index is 713. The van der Waals surface area contributed by atoms with E-state index >= 15 is 0 Å². The minimum absolute atomic E-state index is 0.0806. The van der Waals surface area contributed by atoms with Crippen LogP contribution in [-0.2, 0) is 9.59 Å². The number of nitrogens with zero attached hydrogens (tertiary/aromatic N) is 2. The zero-order valence-electron chi connectivity index (χ0n) is 15.3. The van der Waals surface area contributed by atoms with E-state index in [0.717, 1.165) is 13.1 Å². The molecule has 142 valence electrons. The van der Waals surface area contributed by atoms with Crippen molar-refractivity contribution in [1.82, 2.24) is 9.80 Å². The molecule has 0 bridgehead atoms. The van der Waals surface area contributed by atoms with Crippen molar-refractivity contribution < 1.29 is 19.1 Å². The molecular formula is C18H24ClN3O4.